The van der Waals surface area contributed by atoms with Gasteiger partial charge in [-0.3, -0.25) is 0 Å². The predicted molar refractivity (Wildman–Crippen MR) is 70.3 cm³/mol. The van der Waals surface area contributed by atoms with Crippen molar-refractivity contribution >= 4 is 29.0 Å². The van der Waals surface area contributed by atoms with E-state index in [9.17, 15) is 4.79 Å². The summed E-state index contributed by atoms with van der Waals surface area (Å²) in [5.74, 6) is 0. The van der Waals surface area contributed by atoms with Crippen molar-refractivity contribution in [3.8, 4) is 0 Å². The summed E-state index contributed by atoms with van der Waals surface area (Å²) in [6.07, 6.45) is 4.52. The fourth-order valence-corrected chi connectivity index (χ4v) is 2.21. The predicted octanol–water partition coefficient (Wildman–Crippen LogP) is 2.99. The summed E-state index contributed by atoms with van der Waals surface area (Å²) in [5.41, 5.74) is 6.75. The molecule has 0 unspecified atom stereocenters. The zero-order valence-electron chi connectivity index (χ0n) is 9.50. The van der Waals surface area contributed by atoms with Crippen LogP contribution in [0.3, 0.4) is 0 Å². The number of anilines is 2. The maximum Gasteiger partial charge on any atom is 0.319 e. The second kappa shape index (κ2) is 5.27. The summed E-state index contributed by atoms with van der Waals surface area (Å²) in [6.45, 7) is 0. The van der Waals surface area contributed by atoms with E-state index in [2.05, 4.69) is 10.6 Å². The Hall–Kier alpha value is -1.42. The van der Waals surface area contributed by atoms with Crippen molar-refractivity contribution in [2.75, 3.05) is 11.1 Å². The van der Waals surface area contributed by atoms with E-state index in [1.165, 1.54) is 12.8 Å². The highest BCUT2D eigenvalue weighted by atomic mass is 35.5. The number of nitrogens with two attached hydrogens (primary N) is 1. The summed E-state index contributed by atoms with van der Waals surface area (Å²) in [5, 5.41) is 6.13. The third-order valence-corrected chi connectivity index (χ3v) is 3.28. The first-order valence-electron chi connectivity index (χ1n) is 5.77. The number of halogens is 1. The van der Waals surface area contributed by atoms with E-state index in [1.807, 2.05) is 0 Å². The van der Waals surface area contributed by atoms with Gasteiger partial charge in [0.15, 0.2) is 0 Å². The Bertz CT molecular complexity index is 416. The van der Waals surface area contributed by atoms with Gasteiger partial charge in [0.05, 0.1) is 10.7 Å². The number of benzene rings is 1. The molecule has 92 valence electrons. The average molecular weight is 254 g/mol. The second-order valence-corrected chi connectivity index (χ2v) is 4.72. The van der Waals surface area contributed by atoms with E-state index in [1.54, 1.807) is 18.2 Å². The zero-order chi connectivity index (χ0) is 12.3. The summed E-state index contributed by atoms with van der Waals surface area (Å²) in [4.78, 5) is 11.7. The molecule has 4 N–H and O–H groups in total. The number of hydrogen-bond acceptors (Lipinski definition) is 2. The summed E-state index contributed by atoms with van der Waals surface area (Å²) >= 11 is 5.87. The lowest BCUT2D eigenvalue weighted by atomic mass is 10.2. The molecule has 0 atom stereocenters. The van der Waals surface area contributed by atoms with E-state index >= 15 is 0 Å². The van der Waals surface area contributed by atoms with Crippen LogP contribution in [0.15, 0.2) is 18.2 Å². The van der Waals surface area contributed by atoms with Crippen LogP contribution in [0.1, 0.15) is 25.7 Å². The Morgan fingerprint density at radius 2 is 2.06 bits per heavy atom. The molecule has 2 rings (SSSR count). The molecular weight excluding hydrogens is 238 g/mol. The molecule has 1 aromatic rings. The molecule has 0 saturated heterocycles. The molecule has 1 saturated carbocycles. The molecule has 1 aliphatic carbocycles. The molecule has 1 aliphatic rings. The number of nitrogens with one attached hydrogen (secondary N) is 2. The van der Waals surface area contributed by atoms with Crippen molar-refractivity contribution < 1.29 is 4.79 Å². The largest absolute Gasteiger partial charge is 0.398 e. The first-order valence-corrected chi connectivity index (χ1v) is 6.15. The van der Waals surface area contributed by atoms with Gasteiger partial charge in [-0.05, 0) is 31.0 Å². The molecular formula is C12H16ClN3O. The summed E-state index contributed by atoms with van der Waals surface area (Å²) in [7, 11) is 0. The van der Waals surface area contributed by atoms with E-state index in [-0.39, 0.29) is 6.03 Å². The van der Waals surface area contributed by atoms with Crippen molar-refractivity contribution in [2.45, 2.75) is 31.7 Å². The Morgan fingerprint density at radius 3 is 2.71 bits per heavy atom. The lowest BCUT2D eigenvalue weighted by Crippen LogP contribution is -2.36. The minimum atomic E-state index is -0.183. The zero-order valence-corrected chi connectivity index (χ0v) is 10.3. The van der Waals surface area contributed by atoms with Gasteiger partial charge in [0.2, 0.25) is 0 Å². The fourth-order valence-electron chi connectivity index (χ4n) is 2.03. The number of nitrogen functional groups attached to an aromatic ring is 1. The molecule has 5 heteroatoms. The third kappa shape index (κ3) is 3.27. The number of hydrogen-bond donors (Lipinski definition) is 3. The van der Waals surface area contributed by atoms with Crippen LogP contribution in [0.2, 0.25) is 5.02 Å². The minimum Gasteiger partial charge on any atom is -0.398 e. The standard InChI is InChI=1S/C12H16ClN3O/c13-10-7-9(5-6-11(10)14)16-12(17)15-8-3-1-2-4-8/h5-8H,1-4,14H2,(H2,15,16,17). The van der Waals surface area contributed by atoms with Gasteiger partial charge >= 0.3 is 6.03 Å². The third-order valence-electron chi connectivity index (χ3n) is 2.95. The van der Waals surface area contributed by atoms with Gasteiger partial charge < -0.3 is 16.4 Å². The highest BCUT2D eigenvalue weighted by molar-refractivity contribution is 6.33. The fraction of sp³-hybridized carbons (Fsp3) is 0.417. The summed E-state index contributed by atoms with van der Waals surface area (Å²) in [6, 6.07) is 5.17. The molecule has 4 nitrogen and oxygen atoms in total. The van der Waals surface area contributed by atoms with Crippen molar-refractivity contribution in [3.63, 3.8) is 0 Å². The summed E-state index contributed by atoms with van der Waals surface area (Å²) < 4.78 is 0. The SMILES string of the molecule is Nc1ccc(NC(=O)NC2CCCC2)cc1Cl. The molecule has 0 heterocycles. The Labute approximate surface area is 106 Å². The number of rotatable bonds is 2. The van der Waals surface area contributed by atoms with Gasteiger partial charge in [-0.1, -0.05) is 24.4 Å². The van der Waals surface area contributed by atoms with Gasteiger partial charge in [-0.25, -0.2) is 4.79 Å². The first kappa shape index (κ1) is 12.0. The topological polar surface area (TPSA) is 67.1 Å². The molecule has 1 aromatic carbocycles. The van der Waals surface area contributed by atoms with Crippen LogP contribution >= 0.6 is 11.6 Å². The van der Waals surface area contributed by atoms with Crippen LogP contribution in [0, 0.1) is 0 Å². The first-order chi connectivity index (χ1) is 8.15. The van der Waals surface area contributed by atoms with Crippen LogP contribution in [-0.2, 0) is 0 Å². The van der Waals surface area contributed by atoms with Gasteiger partial charge in [-0.2, -0.15) is 0 Å². The van der Waals surface area contributed by atoms with Crippen LogP contribution in [0.25, 0.3) is 0 Å². The van der Waals surface area contributed by atoms with Gasteiger partial charge in [0.25, 0.3) is 0 Å². The Morgan fingerprint density at radius 1 is 1.35 bits per heavy atom. The van der Waals surface area contributed by atoms with Crippen LogP contribution in [-0.4, -0.2) is 12.1 Å². The van der Waals surface area contributed by atoms with Gasteiger partial charge in [0, 0.05) is 11.7 Å². The number of amides is 2. The number of carbonyl (C=O) groups excluding carboxylic acids is 1. The van der Waals surface area contributed by atoms with Crippen molar-refractivity contribution in [1.82, 2.24) is 5.32 Å². The smallest absolute Gasteiger partial charge is 0.319 e. The van der Waals surface area contributed by atoms with E-state index < -0.39 is 0 Å². The molecule has 0 aliphatic heterocycles. The minimum absolute atomic E-state index is 0.183. The van der Waals surface area contributed by atoms with E-state index in [4.69, 9.17) is 17.3 Å². The molecule has 0 spiro atoms. The number of urea groups is 1. The molecule has 0 bridgehead atoms. The molecule has 0 aromatic heterocycles. The van der Waals surface area contributed by atoms with E-state index in [0.29, 0.717) is 22.4 Å². The monoisotopic (exact) mass is 253 g/mol. The normalized spacial score (nSPS) is 15.8. The molecule has 0 radical (unpaired) electrons. The van der Waals surface area contributed by atoms with E-state index in [0.717, 1.165) is 12.8 Å². The maximum atomic E-state index is 11.7. The van der Waals surface area contributed by atoms with Gasteiger partial charge in [-0.15, -0.1) is 0 Å². The number of carbonyl (C=O) groups is 1. The van der Waals surface area contributed by atoms with Crippen molar-refractivity contribution in [1.29, 1.82) is 0 Å². The highest BCUT2D eigenvalue weighted by Crippen LogP contribution is 2.23. The lowest BCUT2D eigenvalue weighted by molar-refractivity contribution is 0.248. The highest BCUT2D eigenvalue weighted by Gasteiger charge is 2.16. The molecule has 17 heavy (non-hydrogen) atoms. The van der Waals surface area contributed by atoms with Crippen LogP contribution in [0.4, 0.5) is 16.2 Å². The van der Waals surface area contributed by atoms with Crippen molar-refractivity contribution in [2.24, 2.45) is 0 Å². The lowest BCUT2D eigenvalue weighted by Gasteiger charge is -2.13. The Balaban J connectivity index is 1.90. The Kier molecular flexibility index (Phi) is 3.74. The molecule has 2 amide bonds. The average Bonchev–Trinajstić information content (AvgIpc) is 2.76. The second-order valence-electron chi connectivity index (χ2n) is 4.32. The maximum absolute atomic E-state index is 11.7. The van der Waals surface area contributed by atoms with Crippen molar-refractivity contribution in [3.05, 3.63) is 23.2 Å². The molecule has 1 fully saturated rings. The van der Waals surface area contributed by atoms with Crippen LogP contribution in [0.5, 0.6) is 0 Å². The quantitative estimate of drug-likeness (QED) is 0.710. The van der Waals surface area contributed by atoms with Crippen LogP contribution < -0.4 is 16.4 Å². The van der Waals surface area contributed by atoms with Gasteiger partial charge in [0.1, 0.15) is 0 Å².